The number of aliphatic hydroxyl groups excluding tert-OH is 1. The lowest BCUT2D eigenvalue weighted by Gasteiger charge is -2.21. The van der Waals surface area contributed by atoms with Gasteiger partial charge in [0.15, 0.2) is 0 Å². The molecule has 0 radical (unpaired) electrons. The van der Waals surface area contributed by atoms with Crippen molar-refractivity contribution in [2.45, 2.75) is 31.7 Å². The van der Waals surface area contributed by atoms with Crippen molar-refractivity contribution >= 4 is 23.3 Å². The maximum absolute atomic E-state index is 12.9. The molecule has 1 atom stereocenters. The molecule has 140 valence electrons. The monoisotopic (exact) mass is 385 g/mol. The van der Waals surface area contributed by atoms with Crippen molar-refractivity contribution in [3.63, 3.8) is 0 Å². The van der Waals surface area contributed by atoms with E-state index >= 15 is 0 Å². The molecular weight excluding hydrogens is 366 g/mol. The molecular formula is C19H20ClN5O2. The average Bonchev–Trinajstić information content (AvgIpc) is 3.30. The topological polar surface area (TPSA) is 95.8 Å². The van der Waals surface area contributed by atoms with Crippen molar-refractivity contribution in [1.82, 2.24) is 20.0 Å². The molecule has 0 bridgehead atoms. The minimum absolute atomic E-state index is 0.0695. The van der Waals surface area contributed by atoms with Gasteiger partial charge in [-0.25, -0.2) is 4.68 Å². The summed E-state index contributed by atoms with van der Waals surface area (Å²) in [5.74, 6) is 0.248. The average molecular weight is 386 g/mol. The molecule has 2 heterocycles. The van der Waals surface area contributed by atoms with Crippen LogP contribution in [0.2, 0.25) is 5.02 Å². The second kappa shape index (κ2) is 7.54. The number of amides is 1. The Bertz CT molecular complexity index is 947. The fraction of sp³-hybridized carbons (Fsp3) is 0.316. The molecule has 0 saturated carbocycles. The highest BCUT2D eigenvalue weighted by molar-refractivity contribution is 6.30. The number of halogens is 1. The smallest absolute Gasteiger partial charge is 0.233 e. The number of hydrogen-bond acceptors (Lipinski definition) is 4. The largest absolute Gasteiger partial charge is 0.394 e. The van der Waals surface area contributed by atoms with Gasteiger partial charge < -0.3 is 10.4 Å². The molecule has 3 N–H and O–H groups in total. The second-order valence-electron chi connectivity index (χ2n) is 6.61. The molecule has 0 saturated heterocycles. The number of aliphatic hydroxyl groups is 1. The number of aryl methyl sites for hydroxylation is 1. The third-order valence-corrected chi connectivity index (χ3v) is 5.10. The summed E-state index contributed by atoms with van der Waals surface area (Å²) in [5, 5.41) is 24.5. The number of anilines is 1. The summed E-state index contributed by atoms with van der Waals surface area (Å²) < 4.78 is 1.61. The van der Waals surface area contributed by atoms with Gasteiger partial charge in [0, 0.05) is 27.9 Å². The van der Waals surface area contributed by atoms with Gasteiger partial charge in [0.25, 0.3) is 0 Å². The molecule has 0 spiro atoms. The fourth-order valence-corrected chi connectivity index (χ4v) is 3.62. The first kappa shape index (κ1) is 17.8. The van der Waals surface area contributed by atoms with Crippen LogP contribution < -0.4 is 5.32 Å². The molecule has 2 aromatic heterocycles. The zero-order valence-electron chi connectivity index (χ0n) is 14.7. The Balaban J connectivity index is 1.60. The highest BCUT2D eigenvalue weighted by atomic mass is 35.5. The SMILES string of the molecule is O=C(Nc1cc(-c2ccc(Cl)cc2)nn1CCO)C1CCCc2[nH]ncc21. The van der Waals surface area contributed by atoms with E-state index in [0.717, 1.165) is 36.1 Å². The number of fused-ring (bicyclic) bond motifs is 1. The van der Waals surface area contributed by atoms with Crippen LogP contribution in [0.15, 0.2) is 36.5 Å². The van der Waals surface area contributed by atoms with E-state index in [2.05, 4.69) is 20.6 Å². The summed E-state index contributed by atoms with van der Waals surface area (Å²) in [6, 6.07) is 9.15. The van der Waals surface area contributed by atoms with E-state index in [4.69, 9.17) is 11.6 Å². The van der Waals surface area contributed by atoms with Crippen LogP contribution in [0.5, 0.6) is 0 Å². The first-order valence-electron chi connectivity index (χ1n) is 8.93. The Morgan fingerprint density at radius 3 is 2.96 bits per heavy atom. The highest BCUT2D eigenvalue weighted by Crippen LogP contribution is 2.32. The first-order valence-corrected chi connectivity index (χ1v) is 9.31. The van der Waals surface area contributed by atoms with E-state index in [-0.39, 0.29) is 18.4 Å². The molecule has 4 rings (SSSR count). The van der Waals surface area contributed by atoms with Crippen LogP contribution in [0.4, 0.5) is 5.82 Å². The Labute approximate surface area is 161 Å². The van der Waals surface area contributed by atoms with Gasteiger partial charge >= 0.3 is 0 Å². The number of benzene rings is 1. The van der Waals surface area contributed by atoms with Crippen LogP contribution >= 0.6 is 11.6 Å². The van der Waals surface area contributed by atoms with Crippen molar-refractivity contribution in [3.8, 4) is 11.3 Å². The maximum Gasteiger partial charge on any atom is 0.233 e. The van der Waals surface area contributed by atoms with Crippen LogP contribution in [0.25, 0.3) is 11.3 Å². The maximum atomic E-state index is 12.9. The highest BCUT2D eigenvalue weighted by Gasteiger charge is 2.28. The molecule has 1 unspecified atom stereocenters. The summed E-state index contributed by atoms with van der Waals surface area (Å²) >= 11 is 5.95. The molecule has 1 aliphatic rings. The third kappa shape index (κ3) is 3.61. The molecule has 1 aliphatic carbocycles. The minimum atomic E-state index is -0.232. The van der Waals surface area contributed by atoms with Crippen molar-refractivity contribution < 1.29 is 9.90 Å². The Hall–Kier alpha value is -2.64. The van der Waals surface area contributed by atoms with Crippen LogP contribution in [0, 0.1) is 0 Å². The van der Waals surface area contributed by atoms with Gasteiger partial charge in [0.1, 0.15) is 5.82 Å². The number of carbonyl (C=O) groups excluding carboxylic acids is 1. The van der Waals surface area contributed by atoms with Crippen LogP contribution in [0.3, 0.4) is 0 Å². The Morgan fingerprint density at radius 2 is 2.19 bits per heavy atom. The summed E-state index contributed by atoms with van der Waals surface area (Å²) in [4.78, 5) is 12.9. The molecule has 0 fully saturated rings. The van der Waals surface area contributed by atoms with Crippen molar-refractivity contribution in [3.05, 3.63) is 52.8 Å². The lowest BCUT2D eigenvalue weighted by molar-refractivity contribution is -0.117. The molecule has 27 heavy (non-hydrogen) atoms. The molecule has 7 nitrogen and oxygen atoms in total. The summed E-state index contributed by atoms with van der Waals surface area (Å²) in [6.07, 6.45) is 4.39. The van der Waals surface area contributed by atoms with E-state index < -0.39 is 0 Å². The molecule has 1 amide bonds. The van der Waals surface area contributed by atoms with Gasteiger partial charge in [-0.1, -0.05) is 23.7 Å². The zero-order valence-corrected chi connectivity index (χ0v) is 15.4. The third-order valence-electron chi connectivity index (χ3n) is 4.85. The van der Waals surface area contributed by atoms with Gasteiger partial charge in [-0.3, -0.25) is 9.89 Å². The van der Waals surface area contributed by atoms with Gasteiger partial charge in [-0.15, -0.1) is 0 Å². The Morgan fingerprint density at radius 1 is 1.37 bits per heavy atom. The Kier molecular flexibility index (Phi) is 4.96. The van der Waals surface area contributed by atoms with E-state index in [9.17, 15) is 9.90 Å². The van der Waals surface area contributed by atoms with Gasteiger partial charge in [-0.2, -0.15) is 10.2 Å². The predicted octanol–water partition coefficient (Wildman–Crippen LogP) is 2.98. The predicted molar refractivity (Wildman–Crippen MR) is 103 cm³/mol. The first-order chi connectivity index (χ1) is 13.2. The molecule has 8 heteroatoms. The van der Waals surface area contributed by atoms with Crippen molar-refractivity contribution in [2.75, 3.05) is 11.9 Å². The fourth-order valence-electron chi connectivity index (χ4n) is 3.49. The number of nitrogens with one attached hydrogen (secondary N) is 2. The normalized spacial score (nSPS) is 16.1. The van der Waals surface area contributed by atoms with Gasteiger partial charge in [0.05, 0.1) is 31.0 Å². The zero-order chi connectivity index (χ0) is 18.8. The summed E-state index contributed by atoms with van der Waals surface area (Å²) in [7, 11) is 0. The van der Waals surface area contributed by atoms with Crippen molar-refractivity contribution in [2.24, 2.45) is 0 Å². The quantitative estimate of drug-likeness (QED) is 0.629. The summed E-state index contributed by atoms with van der Waals surface area (Å²) in [6.45, 7) is 0.227. The van der Waals surface area contributed by atoms with Crippen LogP contribution in [-0.2, 0) is 17.8 Å². The van der Waals surface area contributed by atoms with E-state index in [1.807, 2.05) is 18.2 Å². The van der Waals surface area contributed by atoms with Crippen LogP contribution in [-0.4, -0.2) is 37.6 Å². The number of hydrogen-bond donors (Lipinski definition) is 3. The number of H-pyrrole nitrogens is 1. The van der Waals surface area contributed by atoms with Crippen LogP contribution in [0.1, 0.15) is 30.0 Å². The lowest BCUT2D eigenvalue weighted by Crippen LogP contribution is -2.25. The number of rotatable bonds is 5. The number of carbonyl (C=O) groups is 1. The molecule has 3 aromatic rings. The lowest BCUT2D eigenvalue weighted by atomic mass is 9.86. The van der Waals surface area contributed by atoms with E-state index in [0.29, 0.717) is 23.1 Å². The number of aromatic amines is 1. The minimum Gasteiger partial charge on any atom is -0.394 e. The van der Waals surface area contributed by atoms with Gasteiger partial charge in [0.2, 0.25) is 5.91 Å². The number of aromatic nitrogens is 4. The standard InChI is InChI=1S/C19H20ClN5O2/c20-13-6-4-12(5-7-13)17-10-18(25(24-17)8-9-26)22-19(27)14-2-1-3-16-15(14)11-21-23-16/h4-7,10-11,14,26H,1-3,8-9H2,(H,21,23)(H,22,27). The summed E-state index contributed by atoms with van der Waals surface area (Å²) in [5.41, 5.74) is 3.60. The number of nitrogens with zero attached hydrogens (tertiary/aromatic N) is 3. The van der Waals surface area contributed by atoms with E-state index in [1.165, 1.54) is 0 Å². The molecule has 0 aliphatic heterocycles. The van der Waals surface area contributed by atoms with Crippen molar-refractivity contribution in [1.29, 1.82) is 0 Å². The second-order valence-corrected chi connectivity index (χ2v) is 7.04. The van der Waals surface area contributed by atoms with E-state index in [1.54, 1.807) is 23.0 Å². The van der Waals surface area contributed by atoms with Gasteiger partial charge in [-0.05, 0) is 31.4 Å². The molecule has 1 aromatic carbocycles.